The van der Waals surface area contributed by atoms with E-state index in [9.17, 15) is 0 Å². The highest BCUT2D eigenvalue weighted by Gasteiger charge is 2.18. The van der Waals surface area contributed by atoms with Crippen LogP contribution in [0.2, 0.25) is 0 Å². The second kappa shape index (κ2) is 6.96. The first-order chi connectivity index (χ1) is 9.52. The summed E-state index contributed by atoms with van der Waals surface area (Å²) in [5, 5.41) is 5.73. The van der Waals surface area contributed by atoms with Crippen molar-refractivity contribution < 1.29 is 4.74 Å². The summed E-state index contributed by atoms with van der Waals surface area (Å²) in [4.78, 5) is 1.34. The summed E-state index contributed by atoms with van der Waals surface area (Å²) in [5.41, 5.74) is 1.04. The van der Waals surface area contributed by atoms with Crippen LogP contribution in [0, 0.1) is 5.92 Å². The number of rotatable bonds is 5. The summed E-state index contributed by atoms with van der Waals surface area (Å²) in [6, 6.07) is 8.57. The number of ether oxygens (including phenoxy) is 1. The molecular formula is C15H17Br2NOS. The minimum absolute atomic E-state index is 0.289. The minimum atomic E-state index is 0.289. The Morgan fingerprint density at radius 1 is 1.20 bits per heavy atom. The highest BCUT2D eigenvalue weighted by molar-refractivity contribution is 9.11. The van der Waals surface area contributed by atoms with E-state index in [0.717, 1.165) is 20.4 Å². The lowest BCUT2D eigenvalue weighted by atomic mass is 10.0. The van der Waals surface area contributed by atoms with Crippen LogP contribution in [-0.2, 0) is 0 Å². The van der Waals surface area contributed by atoms with Gasteiger partial charge in [0.25, 0.3) is 0 Å². The lowest BCUT2D eigenvalue weighted by Gasteiger charge is -2.23. The van der Waals surface area contributed by atoms with E-state index in [2.05, 4.69) is 68.5 Å². The van der Waals surface area contributed by atoms with Gasteiger partial charge in [-0.2, -0.15) is 0 Å². The largest absolute Gasteiger partial charge is 0.495 e. The topological polar surface area (TPSA) is 21.3 Å². The van der Waals surface area contributed by atoms with Crippen LogP contribution >= 0.6 is 43.2 Å². The summed E-state index contributed by atoms with van der Waals surface area (Å²) in [6.07, 6.45) is 0. The van der Waals surface area contributed by atoms with Crippen molar-refractivity contribution in [3.8, 4) is 5.75 Å². The molecular weight excluding hydrogens is 402 g/mol. The van der Waals surface area contributed by atoms with Gasteiger partial charge in [0.1, 0.15) is 5.75 Å². The van der Waals surface area contributed by atoms with Crippen LogP contribution in [0.4, 0.5) is 5.69 Å². The fraction of sp³-hybridized carbons (Fsp3) is 0.333. The van der Waals surface area contributed by atoms with Crippen LogP contribution in [0.3, 0.4) is 0 Å². The molecule has 0 saturated carbocycles. The molecule has 5 heteroatoms. The Labute approximate surface area is 140 Å². The van der Waals surface area contributed by atoms with Crippen molar-refractivity contribution in [2.24, 2.45) is 5.92 Å². The van der Waals surface area contributed by atoms with E-state index < -0.39 is 0 Å². The zero-order chi connectivity index (χ0) is 14.7. The lowest BCUT2D eigenvalue weighted by Crippen LogP contribution is -2.16. The van der Waals surface area contributed by atoms with E-state index in [0.29, 0.717) is 5.92 Å². The molecule has 1 aromatic heterocycles. The van der Waals surface area contributed by atoms with E-state index in [1.165, 1.54) is 4.88 Å². The van der Waals surface area contributed by atoms with E-state index in [1.807, 2.05) is 12.1 Å². The van der Waals surface area contributed by atoms with Gasteiger partial charge in [-0.15, -0.1) is 11.3 Å². The van der Waals surface area contributed by atoms with Crippen molar-refractivity contribution in [2.75, 3.05) is 12.4 Å². The Kier molecular flexibility index (Phi) is 5.52. The zero-order valence-electron chi connectivity index (χ0n) is 11.6. The van der Waals surface area contributed by atoms with Crippen LogP contribution in [-0.4, -0.2) is 7.11 Å². The molecule has 1 aromatic carbocycles. The number of hydrogen-bond acceptors (Lipinski definition) is 3. The Morgan fingerprint density at radius 2 is 1.95 bits per heavy atom. The van der Waals surface area contributed by atoms with Crippen molar-refractivity contribution >= 4 is 48.9 Å². The third-order valence-electron chi connectivity index (χ3n) is 3.07. The number of thiophene rings is 1. The number of benzene rings is 1. The van der Waals surface area contributed by atoms with Gasteiger partial charge in [-0.25, -0.2) is 0 Å². The molecule has 2 rings (SSSR count). The van der Waals surface area contributed by atoms with Gasteiger partial charge in [-0.05, 0) is 55.3 Å². The van der Waals surface area contributed by atoms with Gasteiger partial charge in [0.15, 0.2) is 0 Å². The molecule has 0 saturated heterocycles. The van der Waals surface area contributed by atoms with Crippen LogP contribution in [0.15, 0.2) is 38.6 Å². The molecule has 20 heavy (non-hydrogen) atoms. The summed E-state index contributed by atoms with van der Waals surface area (Å²) < 4.78 is 7.33. The number of methoxy groups -OCH3 is 1. The van der Waals surface area contributed by atoms with Gasteiger partial charge in [-0.3, -0.25) is 0 Å². The molecule has 0 aliphatic rings. The van der Waals surface area contributed by atoms with Gasteiger partial charge in [0.05, 0.1) is 23.3 Å². The molecule has 1 unspecified atom stereocenters. The van der Waals surface area contributed by atoms with Crippen molar-refractivity contribution in [3.63, 3.8) is 0 Å². The molecule has 0 aliphatic carbocycles. The predicted octanol–water partition coefficient (Wildman–Crippen LogP) is 6.09. The SMILES string of the molecule is COc1cc(NC(c2cccs2)C(C)C)c(Br)cc1Br. The Hall–Kier alpha value is -0.520. The van der Waals surface area contributed by atoms with Crippen molar-refractivity contribution in [1.29, 1.82) is 0 Å². The average molecular weight is 419 g/mol. The van der Waals surface area contributed by atoms with Gasteiger partial charge < -0.3 is 10.1 Å². The minimum Gasteiger partial charge on any atom is -0.495 e. The maximum absolute atomic E-state index is 5.37. The maximum atomic E-state index is 5.37. The molecule has 0 amide bonds. The molecule has 0 spiro atoms. The molecule has 0 aliphatic heterocycles. The monoisotopic (exact) mass is 417 g/mol. The number of hydrogen-bond donors (Lipinski definition) is 1. The second-order valence-electron chi connectivity index (χ2n) is 4.85. The number of halogens is 2. The molecule has 0 radical (unpaired) electrons. The summed E-state index contributed by atoms with van der Waals surface area (Å²) in [5.74, 6) is 1.32. The first-order valence-corrected chi connectivity index (χ1v) is 8.82. The normalized spacial score (nSPS) is 12.5. The molecule has 1 atom stereocenters. The van der Waals surface area contributed by atoms with Crippen molar-refractivity contribution in [1.82, 2.24) is 0 Å². The molecule has 1 heterocycles. The standard InChI is InChI=1S/C15H17Br2NOS/c1-9(2)15(14-5-4-6-20-14)18-12-8-13(19-3)11(17)7-10(12)16/h4-9,15,18H,1-3H3. The van der Waals surface area contributed by atoms with E-state index in [1.54, 1.807) is 18.4 Å². The second-order valence-corrected chi connectivity index (χ2v) is 7.54. The molecule has 2 nitrogen and oxygen atoms in total. The summed E-state index contributed by atoms with van der Waals surface area (Å²) >= 11 is 8.88. The molecule has 108 valence electrons. The summed E-state index contributed by atoms with van der Waals surface area (Å²) in [6.45, 7) is 4.45. The van der Waals surface area contributed by atoms with Gasteiger partial charge in [0, 0.05) is 15.4 Å². The van der Waals surface area contributed by atoms with E-state index in [-0.39, 0.29) is 6.04 Å². The first-order valence-electron chi connectivity index (χ1n) is 6.36. The highest BCUT2D eigenvalue weighted by Crippen LogP contribution is 2.38. The Balaban J connectivity index is 2.32. The van der Waals surface area contributed by atoms with Crippen molar-refractivity contribution in [2.45, 2.75) is 19.9 Å². The van der Waals surface area contributed by atoms with Crippen LogP contribution in [0.5, 0.6) is 5.75 Å². The van der Waals surface area contributed by atoms with Crippen LogP contribution < -0.4 is 10.1 Å². The third-order valence-corrected chi connectivity index (χ3v) is 5.30. The van der Waals surface area contributed by atoms with Gasteiger partial charge in [-0.1, -0.05) is 19.9 Å². The third kappa shape index (κ3) is 3.57. The quantitative estimate of drug-likeness (QED) is 0.634. The molecule has 2 aromatic rings. The predicted molar refractivity (Wildman–Crippen MR) is 93.9 cm³/mol. The van der Waals surface area contributed by atoms with Gasteiger partial charge >= 0.3 is 0 Å². The fourth-order valence-electron chi connectivity index (χ4n) is 2.00. The average Bonchev–Trinajstić information content (AvgIpc) is 2.91. The lowest BCUT2D eigenvalue weighted by molar-refractivity contribution is 0.412. The maximum Gasteiger partial charge on any atom is 0.135 e. The molecule has 0 bridgehead atoms. The van der Waals surface area contributed by atoms with E-state index in [4.69, 9.17) is 4.74 Å². The Bertz CT molecular complexity index is 570. The van der Waals surface area contributed by atoms with Crippen LogP contribution in [0.25, 0.3) is 0 Å². The zero-order valence-corrected chi connectivity index (χ0v) is 15.6. The smallest absolute Gasteiger partial charge is 0.135 e. The summed E-state index contributed by atoms with van der Waals surface area (Å²) in [7, 11) is 1.68. The van der Waals surface area contributed by atoms with Crippen LogP contribution in [0.1, 0.15) is 24.8 Å². The highest BCUT2D eigenvalue weighted by atomic mass is 79.9. The van der Waals surface area contributed by atoms with Gasteiger partial charge in [0.2, 0.25) is 0 Å². The number of anilines is 1. The fourth-order valence-corrected chi connectivity index (χ4v) is 4.22. The van der Waals surface area contributed by atoms with Crippen molar-refractivity contribution in [3.05, 3.63) is 43.5 Å². The first kappa shape index (κ1) is 15.9. The number of nitrogens with one attached hydrogen (secondary N) is 1. The van der Waals surface area contributed by atoms with E-state index >= 15 is 0 Å². The molecule has 1 N–H and O–H groups in total. The Morgan fingerprint density at radius 3 is 2.50 bits per heavy atom. The molecule has 0 fully saturated rings.